The maximum atomic E-state index is 5.26. The van der Waals surface area contributed by atoms with Crippen molar-refractivity contribution in [1.29, 1.82) is 0 Å². The van der Waals surface area contributed by atoms with Gasteiger partial charge in [0, 0.05) is 76.8 Å². The normalized spacial score (nSPS) is 11.2. The lowest BCUT2D eigenvalue weighted by Crippen LogP contribution is -2.00. The molecule has 0 bridgehead atoms. The van der Waals surface area contributed by atoms with Crippen molar-refractivity contribution in [1.82, 2.24) is 39.9 Å². The Labute approximate surface area is 614 Å². The maximum Gasteiger partial charge on any atom is 0.164 e. The van der Waals surface area contributed by atoms with Crippen LogP contribution in [0.5, 0.6) is 0 Å². The molecule has 8 nitrogen and oxygen atoms in total. The minimum Gasteiger partial charge on any atom is -0.247 e. The molecule has 0 aliphatic rings. The highest BCUT2D eigenvalue weighted by Crippen LogP contribution is 2.43. The number of rotatable bonds is 13. The van der Waals surface area contributed by atoms with Crippen LogP contribution in [0.2, 0.25) is 0 Å². The van der Waals surface area contributed by atoms with E-state index in [0.717, 1.165) is 116 Å². The highest BCUT2D eigenvalue weighted by atomic mass is 15.0. The first-order chi connectivity index (χ1) is 52.5. The van der Waals surface area contributed by atoms with Crippen molar-refractivity contribution in [2.75, 3.05) is 0 Å². The Morgan fingerprint density at radius 3 is 0.642 bits per heavy atom. The number of hydrogen-bond donors (Lipinski definition) is 0. The molecule has 0 N–H and O–H groups in total. The van der Waals surface area contributed by atoms with Crippen LogP contribution in [0.1, 0.15) is 0 Å². The van der Waals surface area contributed by atoms with Crippen molar-refractivity contribution in [2.24, 2.45) is 0 Å². The van der Waals surface area contributed by atoms with Crippen LogP contribution in [0.4, 0.5) is 0 Å². The van der Waals surface area contributed by atoms with Crippen LogP contribution in [-0.2, 0) is 0 Å². The number of aromatic nitrogens is 8. The van der Waals surface area contributed by atoms with Gasteiger partial charge in [-0.15, -0.1) is 0 Å². The Morgan fingerprint density at radius 2 is 0.349 bits per heavy atom. The molecule has 0 atom stereocenters. The van der Waals surface area contributed by atoms with Crippen LogP contribution in [0.25, 0.3) is 190 Å². The third-order valence-electron chi connectivity index (χ3n) is 19.5. The van der Waals surface area contributed by atoms with Gasteiger partial charge in [-0.25, -0.2) is 39.9 Å². The standard InChI is InChI=1S/C52H34N4.C46H30N4/c1-5-14-35(15-6-1)36-24-28-41(29-25-36)51-54-50(40-20-11-4-12-21-40)55-52(56-51)42-30-26-37(27-31-42)43-32-33-47-46(34-43)48-44(38-16-7-2-8-17-38)22-13-23-45(48)49(53-47)39-18-9-3-10-19-39;1-5-14-32(15-6-1)38-22-13-23-39-42(38)40-30-37(28-29-41(40)47-43(39)33-16-7-2-8-17-33)31-24-26-36(27-25-31)46-49-44(34-18-9-3-10-19-34)48-45(50-46)35-20-11-4-12-21-35/h1-34H;1-30H. The van der Waals surface area contributed by atoms with Crippen molar-refractivity contribution in [2.45, 2.75) is 0 Å². The first kappa shape index (κ1) is 63.8. The molecule has 106 heavy (non-hydrogen) atoms. The summed E-state index contributed by atoms with van der Waals surface area (Å²) in [6.07, 6.45) is 0. The van der Waals surface area contributed by atoms with E-state index in [0.29, 0.717) is 34.9 Å². The summed E-state index contributed by atoms with van der Waals surface area (Å²) in [5.74, 6) is 3.84. The number of nitrogens with zero attached hydrogens (tertiary/aromatic N) is 8. The number of benzene rings is 15. The summed E-state index contributed by atoms with van der Waals surface area (Å²) in [6, 6.07) is 135. The SMILES string of the molecule is c1ccc(-c2ccc(-c3nc(-c4ccccc4)nc(-c4ccc(-c5ccc6nc(-c7ccccc7)c7cccc(-c8ccccc8)c7c6c5)cc4)n3)cc2)cc1.c1ccc(-c2nc(-c3ccccc3)nc(-c3ccc(-c4ccc5nc(-c6ccccc6)c6cccc(-c7ccccc7)c6c5c4)cc3)n2)cc1. The van der Waals surface area contributed by atoms with Crippen LogP contribution < -0.4 is 0 Å². The van der Waals surface area contributed by atoms with Crippen LogP contribution in [0, 0.1) is 0 Å². The molecule has 0 fully saturated rings. The van der Waals surface area contributed by atoms with E-state index in [2.05, 4.69) is 279 Å². The van der Waals surface area contributed by atoms with Gasteiger partial charge in [-0.05, 0) is 79.9 Å². The molecule has 0 amide bonds. The maximum absolute atomic E-state index is 5.26. The van der Waals surface area contributed by atoms with E-state index in [-0.39, 0.29) is 0 Å². The molecule has 0 spiro atoms. The van der Waals surface area contributed by atoms with Gasteiger partial charge in [0.1, 0.15) is 0 Å². The summed E-state index contributed by atoms with van der Waals surface area (Å²) in [7, 11) is 0. The molecule has 0 saturated heterocycles. The first-order valence-corrected chi connectivity index (χ1v) is 35.5. The second-order valence-electron chi connectivity index (χ2n) is 26.1. The lowest BCUT2D eigenvalue weighted by Gasteiger charge is -2.15. The van der Waals surface area contributed by atoms with Gasteiger partial charge in [-0.3, -0.25) is 0 Å². The number of pyridine rings is 2. The van der Waals surface area contributed by atoms with E-state index < -0.39 is 0 Å². The molecule has 4 heterocycles. The van der Waals surface area contributed by atoms with E-state index in [9.17, 15) is 0 Å². The average molecular weight is 1350 g/mol. The summed E-state index contributed by atoms with van der Waals surface area (Å²) in [5, 5.41) is 6.91. The molecule has 0 aliphatic heterocycles. The second-order valence-corrected chi connectivity index (χ2v) is 26.1. The predicted molar refractivity (Wildman–Crippen MR) is 436 cm³/mol. The molecule has 8 heteroatoms. The van der Waals surface area contributed by atoms with Crippen LogP contribution in [0.15, 0.2) is 388 Å². The minimum atomic E-state index is 0.627. The van der Waals surface area contributed by atoms with Crippen molar-refractivity contribution in [3.8, 4) is 146 Å². The number of fused-ring (bicyclic) bond motifs is 6. The van der Waals surface area contributed by atoms with E-state index in [1.807, 2.05) is 109 Å². The van der Waals surface area contributed by atoms with Gasteiger partial charge in [0.05, 0.1) is 22.4 Å². The molecular weight excluding hydrogens is 1290 g/mol. The summed E-state index contributed by atoms with van der Waals surface area (Å²) in [6.45, 7) is 0. The van der Waals surface area contributed by atoms with Gasteiger partial charge < -0.3 is 0 Å². The Morgan fingerprint density at radius 1 is 0.132 bits per heavy atom. The first-order valence-electron chi connectivity index (χ1n) is 35.5. The topological polar surface area (TPSA) is 103 Å². The van der Waals surface area contributed by atoms with Crippen molar-refractivity contribution in [3.05, 3.63) is 388 Å². The lowest BCUT2D eigenvalue weighted by molar-refractivity contribution is 1.07. The van der Waals surface area contributed by atoms with Crippen LogP contribution >= 0.6 is 0 Å². The predicted octanol–water partition coefficient (Wildman–Crippen LogP) is 24.8. The van der Waals surface area contributed by atoms with Gasteiger partial charge in [0.25, 0.3) is 0 Å². The Kier molecular flexibility index (Phi) is 17.2. The van der Waals surface area contributed by atoms with E-state index in [4.69, 9.17) is 39.9 Å². The Balaban J connectivity index is 0.000000151. The molecule has 19 aromatic rings. The van der Waals surface area contributed by atoms with E-state index in [1.165, 1.54) is 38.6 Å². The third-order valence-corrected chi connectivity index (χ3v) is 19.5. The van der Waals surface area contributed by atoms with Gasteiger partial charge in [-0.1, -0.05) is 364 Å². The van der Waals surface area contributed by atoms with E-state index >= 15 is 0 Å². The third kappa shape index (κ3) is 12.9. The highest BCUT2D eigenvalue weighted by molar-refractivity contribution is 6.19. The van der Waals surface area contributed by atoms with Gasteiger partial charge >= 0.3 is 0 Å². The molecule has 19 rings (SSSR count). The van der Waals surface area contributed by atoms with Crippen molar-refractivity contribution >= 4 is 43.4 Å². The smallest absolute Gasteiger partial charge is 0.164 e. The lowest BCUT2D eigenvalue weighted by atomic mass is 9.91. The molecular formula is C98H64N8. The van der Waals surface area contributed by atoms with Crippen molar-refractivity contribution in [3.63, 3.8) is 0 Å². The summed E-state index contributed by atoms with van der Waals surface area (Å²) >= 11 is 0. The summed E-state index contributed by atoms with van der Waals surface area (Å²) in [5.41, 5.74) is 23.2. The Bertz CT molecular complexity index is 6300. The van der Waals surface area contributed by atoms with Crippen LogP contribution in [-0.4, -0.2) is 39.9 Å². The molecule has 4 aromatic heterocycles. The molecule has 496 valence electrons. The quantitative estimate of drug-likeness (QED) is 0.105. The molecule has 0 aliphatic carbocycles. The zero-order chi connectivity index (χ0) is 70.5. The minimum absolute atomic E-state index is 0.627. The monoisotopic (exact) mass is 1350 g/mol. The second kappa shape index (κ2) is 28.6. The van der Waals surface area contributed by atoms with Gasteiger partial charge in [0.2, 0.25) is 0 Å². The molecule has 0 unspecified atom stereocenters. The fraction of sp³-hybridized carbons (Fsp3) is 0. The van der Waals surface area contributed by atoms with Gasteiger partial charge in [-0.2, -0.15) is 0 Å². The van der Waals surface area contributed by atoms with Crippen molar-refractivity contribution < 1.29 is 0 Å². The average Bonchev–Trinajstić information content (AvgIpc) is 0.745. The Hall–Kier alpha value is -14.3. The molecule has 0 radical (unpaired) electrons. The fourth-order valence-electron chi connectivity index (χ4n) is 14.2. The zero-order valence-corrected chi connectivity index (χ0v) is 57.5. The summed E-state index contributed by atoms with van der Waals surface area (Å²) in [4.78, 5) is 40.1. The highest BCUT2D eigenvalue weighted by Gasteiger charge is 2.20. The molecule has 0 saturated carbocycles. The fourth-order valence-corrected chi connectivity index (χ4v) is 14.2. The summed E-state index contributed by atoms with van der Waals surface area (Å²) < 4.78 is 0. The van der Waals surface area contributed by atoms with E-state index in [1.54, 1.807) is 0 Å². The zero-order valence-electron chi connectivity index (χ0n) is 57.5. The largest absolute Gasteiger partial charge is 0.247 e. The van der Waals surface area contributed by atoms with Crippen LogP contribution in [0.3, 0.4) is 0 Å². The molecule has 15 aromatic carbocycles. The number of hydrogen-bond acceptors (Lipinski definition) is 8. The van der Waals surface area contributed by atoms with Gasteiger partial charge in [0.15, 0.2) is 34.9 Å².